The van der Waals surface area contributed by atoms with Gasteiger partial charge in [-0.3, -0.25) is 0 Å². The van der Waals surface area contributed by atoms with Gasteiger partial charge < -0.3 is 10.2 Å². The van der Waals surface area contributed by atoms with Crippen LogP contribution in [0.3, 0.4) is 0 Å². The fraction of sp³-hybridized carbons (Fsp3) is 1.00. The molecule has 14 heavy (non-hydrogen) atoms. The first-order valence-electron chi connectivity index (χ1n) is 5.68. The van der Waals surface area contributed by atoms with Crippen LogP contribution in [0.5, 0.6) is 0 Å². The number of rotatable bonds is 6. The van der Waals surface area contributed by atoms with Gasteiger partial charge in [0.25, 0.3) is 0 Å². The molecule has 0 aromatic rings. The minimum atomic E-state index is -0.413. The van der Waals surface area contributed by atoms with Crippen LogP contribution in [0.15, 0.2) is 0 Å². The van der Waals surface area contributed by atoms with E-state index in [0.29, 0.717) is 12.3 Å². The standard InChI is InChI=1S/C12H26O2/c1-6-7-10(13)8-11(14)12(4,5)9(2)3/h9-11,13-14H,6-8H2,1-5H3. The first-order chi connectivity index (χ1) is 6.32. The molecule has 0 radical (unpaired) electrons. The zero-order valence-electron chi connectivity index (χ0n) is 10.2. The second kappa shape index (κ2) is 5.72. The van der Waals surface area contributed by atoms with E-state index >= 15 is 0 Å². The van der Waals surface area contributed by atoms with Crippen molar-refractivity contribution < 1.29 is 10.2 Å². The van der Waals surface area contributed by atoms with Crippen LogP contribution in [0.4, 0.5) is 0 Å². The summed E-state index contributed by atoms with van der Waals surface area (Å²) in [5.41, 5.74) is -0.116. The number of hydrogen-bond donors (Lipinski definition) is 2. The molecule has 0 rings (SSSR count). The molecule has 0 saturated carbocycles. The van der Waals surface area contributed by atoms with Crippen LogP contribution >= 0.6 is 0 Å². The van der Waals surface area contributed by atoms with Gasteiger partial charge >= 0.3 is 0 Å². The fourth-order valence-electron chi connectivity index (χ4n) is 1.40. The van der Waals surface area contributed by atoms with E-state index in [-0.39, 0.29) is 11.5 Å². The van der Waals surface area contributed by atoms with Gasteiger partial charge in [0.2, 0.25) is 0 Å². The lowest BCUT2D eigenvalue weighted by Crippen LogP contribution is -2.36. The zero-order chi connectivity index (χ0) is 11.4. The molecule has 2 heteroatoms. The highest BCUT2D eigenvalue weighted by Crippen LogP contribution is 2.32. The average molecular weight is 202 g/mol. The van der Waals surface area contributed by atoms with Crippen molar-refractivity contribution in [1.82, 2.24) is 0 Å². The Balaban J connectivity index is 4.12. The first kappa shape index (κ1) is 13.9. The van der Waals surface area contributed by atoms with E-state index in [0.717, 1.165) is 12.8 Å². The third kappa shape index (κ3) is 3.97. The van der Waals surface area contributed by atoms with Crippen LogP contribution in [0.2, 0.25) is 0 Å². The summed E-state index contributed by atoms with van der Waals surface area (Å²) in [5.74, 6) is 0.423. The molecular weight excluding hydrogens is 176 g/mol. The van der Waals surface area contributed by atoms with E-state index in [9.17, 15) is 10.2 Å². The Labute approximate surface area is 88.3 Å². The van der Waals surface area contributed by atoms with Gasteiger partial charge in [-0.1, -0.05) is 41.0 Å². The summed E-state index contributed by atoms with van der Waals surface area (Å²) in [4.78, 5) is 0. The summed E-state index contributed by atoms with van der Waals surface area (Å²) >= 11 is 0. The molecule has 0 heterocycles. The van der Waals surface area contributed by atoms with Crippen LogP contribution in [0.25, 0.3) is 0 Å². The van der Waals surface area contributed by atoms with Gasteiger partial charge in [-0.2, -0.15) is 0 Å². The van der Waals surface area contributed by atoms with Gasteiger partial charge in [0, 0.05) is 0 Å². The average Bonchev–Trinajstić information content (AvgIpc) is 2.03. The van der Waals surface area contributed by atoms with Gasteiger partial charge in [-0.25, -0.2) is 0 Å². The van der Waals surface area contributed by atoms with E-state index in [1.54, 1.807) is 0 Å². The van der Waals surface area contributed by atoms with E-state index in [4.69, 9.17) is 0 Å². The minimum Gasteiger partial charge on any atom is -0.393 e. The Hall–Kier alpha value is -0.0800. The van der Waals surface area contributed by atoms with Gasteiger partial charge in [0.05, 0.1) is 12.2 Å². The van der Waals surface area contributed by atoms with Crippen molar-refractivity contribution in [1.29, 1.82) is 0 Å². The van der Waals surface area contributed by atoms with Crippen molar-refractivity contribution in [3.63, 3.8) is 0 Å². The van der Waals surface area contributed by atoms with E-state index < -0.39 is 6.10 Å². The first-order valence-corrected chi connectivity index (χ1v) is 5.68. The molecule has 0 aliphatic rings. The molecule has 86 valence electrons. The van der Waals surface area contributed by atoms with E-state index in [2.05, 4.69) is 27.7 Å². The molecule has 0 spiro atoms. The van der Waals surface area contributed by atoms with Gasteiger partial charge in [-0.05, 0) is 24.2 Å². The summed E-state index contributed by atoms with van der Waals surface area (Å²) in [7, 11) is 0. The second-order valence-corrected chi connectivity index (χ2v) is 5.17. The van der Waals surface area contributed by atoms with Crippen LogP contribution in [-0.2, 0) is 0 Å². The number of aliphatic hydroxyl groups is 2. The molecule has 0 aliphatic heterocycles. The molecule has 0 bridgehead atoms. The van der Waals surface area contributed by atoms with Gasteiger partial charge in [0.1, 0.15) is 0 Å². The Morgan fingerprint density at radius 1 is 1.14 bits per heavy atom. The Morgan fingerprint density at radius 3 is 2.00 bits per heavy atom. The van der Waals surface area contributed by atoms with Crippen LogP contribution in [-0.4, -0.2) is 22.4 Å². The van der Waals surface area contributed by atoms with E-state index in [1.807, 2.05) is 6.92 Å². The largest absolute Gasteiger partial charge is 0.393 e. The molecule has 0 aliphatic carbocycles. The van der Waals surface area contributed by atoms with Crippen LogP contribution in [0.1, 0.15) is 53.9 Å². The van der Waals surface area contributed by atoms with Crippen molar-refractivity contribution in [2.75, 3.05) is 0 Å². The molecule has 0 fully saturated rings. The lowest BCUT2D eigenvalue weighted by Gasteiger charge is -2.35. The van der Waals surface area contributed by atoms with Gasteiger partial charge in [0.15, 0.2) is 0 Å². The molecule has 2 nitrogen and oxygen atoms in total. The van der Waals surface area contributed by atoms with Crippen LogP contribution in [0, 0.1) is 11.3 Å². The maximum atomic E-state index is 9.98. The molecule has 0 aromatic heterocycles. The lowest BCUT2D eigenvalue weighted by atomic mass is 9.74. The molecule has 2 unspecified atom stereocenters. The number of hydrogen-bond acceptors (Lipinski definition) is 2. The van der Waals surface area contributed by atoms with Crippen molar-refractivity contribution in [3.05, 3.63) is 0 Å². The van der Waals surface area contributed by atoms with Crippen molar-refractivity contribution in [3.8, 4) is 0 Å². The third-order valence-corrected chi connectivity index (χ3v) is 3.46. The summed E-state index contributed by atoms with van der Waals surface area (Å²) in [5, 5.41) is 19.6. The smallest absolute Gasteiger partial charge is 0.0618 e. The SMILES string of the molecule is CCCC(O)CC(O)C(C)(C)C(C)C. The van der Waals surface area contributed by atoms with E-state index in [1.165, 1.54) is 0 Å². The van der Waals surface area contributed by atoms with Crippen molar-refractivity contribution in [2.24, 2.45) is 11.3 Å². The highest BCUT2D eigenvalue weighted by molar-refractivity contribution is 4.82. The maximum Gasteiger partial charge on any atom is 0.0618 e. The summed E-state index contributed by atoms with van der Waals surface area (Å²) < 4.78 is 0. The zero-order valence-corrected chi connectivity index (χ0v) is 10.2. The highest BCUT2D eigenvalue weighted by Gasteiger charge is 2.32. The summed E-state index contributed by atoms with van der Waals surface area (Å²) in [6.07, 6.45) is 1.48. The Morgan fingerprint density at radius 2 is 1.64 bits per heavy atom. The predicted octanol–water partition coefficient (Wildman–Crippen LogP) is 2.58. The summed E-state index contributed by atoms with van der Waals surface area (Å²) in [6, 6.07) is 0. The van der Waals surface area contributed by atoms with Crippen LogP contribution < -0.4 is 0 Å². The molecule has 0 saturated heterocycles. The Bertz CT molecular complexity index is 152. The number of aliphatic hydroxyl groups excluding tert-OH is 2. The Kier molecular flexibility index (Phi) is 5.68. The highest BCUT2D eigenvalue weighted by atomic mass is 16.3. The normalized spacial score (nSPS) is 17.1. The maximum absolute atomic E-state index is 9.98. The molecular formula is C12H26O2. The topological polar surface area (TPSA) is 40.5 Å². The van der Waals surface area contributed by atoms with Gasteiger partial charge in [-0.15, -0.1) is 0 Å². The predicted molar refractivity (Wildman–Crippen MR) is 60.2 cm³/mol. The molecule has 2 atom stereocenters. The molecule has 0 amide bonds. The van der Waals surface area contributed by atoms with Crippen molar-refractivity contribution in [2.45, 2.75) is 66.1 Å². The quantitative estimate of drug-likeness (QED) is 0.695. The third-order valence-electron chi connectivity index (χ3n) is 3.46. The fourth-order valence-corrected chi connectivity index (χ4v) is 1.40. The minimum absolute atomic E-state index is 0.116. The second-order valence-electron chi connectivity index (χ2n) is 5.17. The monoisotopic (exact) mass is 202 g/mol. The summed E-state index contributed by atoms with van der Waals surface area (Å²) in [6.45, 7) is 10.4. The van der Waals surface area contributed by atoms with Crippen molar-refractivity contribution >= 4 is 0 Å². The lowest BCUT2D eigenvalue weighted by molar-refractivity contribution is -0.0199. The molecule has 0 aromatic carbocycles. The molecule has 2 N–H and O–H groups in total.